The van der Waals surface area contributed by atoms with Crippen LogP contribution in [0.4, 0.5) is 0 Å². The van der Waals surface area contributed by atoms with Crippen molar-refractivity contribution in [3.8, 4) is 0 Å². The Morgan fingerprint density at radius 2 is 1.33 bits per heavy atom. The van der Waals surface area contributed by atoms with Crippen LogP contribution in [0, 0.1) is 0 Å². The maximum atomic E-state index is 2.56. The van der Waals surface area contributed by atoms with Crippen LogP contribution in [0.25, 0.3) is 0 Å². The van der Waals surface area contributed by atoms with Crippen LogP contribution >= 0.6 is 11.8 Å². The number of rotatable bonds is 1. The van der Waals surface area contributed by atoms with Gasteiger partial charge in [0, 0.05) is 4.91 Å². The topological polar surface area (TPSA) is 0 Å². The van der Waals surface area contributed by atoms with Crippen molar-refractivity contribution in [2.75, 3.05) is 5.75 Å². The van der Waals surface area contributed by atoms with E-state index in [2.05, 4.69) is 23.9 Å². The Morgan fingerprint density at radius 3 is 2.22 bits per heavy atom. The molecule has 2 aliphatic rings. The molecule has 102 valence electrons. The summed E-state index contributed by atoms with van der Waals surface area (Å²) >= 11 is 2.13. The van der Waals surface area contributed by atoms with Crippen molar-refractivity contribution in [1.29, 1.82) is 0 Å². The summed E-state index contributed by atoms with van der Waals surface area (Å²) in [5.74, 6) is 1.34. The monoisotopic (exact) mass is 264 g/mol. The Kier molecular flexibility index (Phi) is 7.00. The molecule has 0 bridgehead atoms. The van der Waals surface area contributed by atoms with E-state index >= 15 is 0 Å². The first-order valence-electron chi connectivity index (χ1n) is 7.99. The second-order valence-corrected chi connectivity index (χ2v) is 6.79. The van der Waals surface area contributed by atoms with Gasteiger partial charge < -0.3 is 0 Å². The molecular formula is C17H28S. The van der Waals surface area contributed by atoms with Crippen LogP contribution in [0.1, 0.15) is 77.0 Å². The number of hydrogen-bond acceptors (Lipinski definition) is 1. The smallest absolute Gasteiger partial charge is 0.00609 e. The van der Waals surface area contributed by atoms with Crippen LogP contribution in [-0.2, 0) is 0 Å². The predicted octanol–water partition coefficient (Wildman–Crippen LogP) is 6.24. The molecule has 0 aromatic heterocycles. The summed E-state index contributed by atoms with van der Waals surface area (Å²) in [5, 5.41) is 0. The molecule has 0 aromatic carbocycles. The summed E-state index contributed by atoms with van der Waals surface area (Å²) in [6, 6.07) is 0. The van der Waals surface area contributed by atoms with Crippen LogP contribution in [0.2, 0.25) is 0 Å². The molecule has 0 spiro atoms. The molecule has 0 radical (unpaired) electrons. The van der Waals surface area contributed by atoms with Gasteiger partial charge in [-0.3, -0.25) is 0 Å². The van der Waals surface area contributed by atoms with Crippen LogP contribution in [0.15, 0.2) is 22.6 Å². The summed E-state index contributed by atoms with van der Waals surface area (Å²) in [4.78, 5) is 1.64. The predicted molar refractivity (Wildman–Crippen MR) is 84.0 cm³/mol. The second-order valence-electron chi connectivity index (χ2n) is 5.66. The molecule has 1 heterocycles. The van der Waals surface area contributed by atoms with E-state index in [9.17, 15) is 0 Å². The highest BCUT2D eigenvalue weighted by Crippen LogP contribution is 2.32. The lowest BCUT2D eigenvalue weighted by Gasteiger charge is -2.11. The third-order valence-electron chi connectivity index (χ3n) is 4.04. The van der Waals surface area contributed by atoms with Crippen molar-refractivity contribution in [3.05, 3.63) is 22.6 Å². The lowest BCUT2D eigenvalue weighted by atomic mass is 10.1. The lowest BCUT2D eigenvalue weighted by Crippen LogP contribution is -1.89. The van der Waals surface area contributed by atoms with Crippen molar-refractivity contribution >= 4 is 11.8 Å². The minimum Gasteiger partial charge on any atom is -0.126 e. The van der Waals surface area contributed by atoms with Gasteiger partial charge in [0.1, 0.15) is 0 Å². The average molecular weight is 264 g/mol. The third-order valence-corrected chi connectivity index (χ3v) is 5.28. The van der Waals surface area contributed by atoms with Gasteiger partial charge in [0.15, 0.2) is 0 Å². The lowest BCUT2D eigenvalue weighted by molar-refractivity contribution is 0.630. The fourth-order valence-corrected chi connectivity index (χ4v) is 4.07. The van der Waals surface area contributed by atoms with Crippen molar-refractivity contribution in [3.63, 3.8) is 0 Å². The van der Waals surface area contributed by atoms with Gasteiger partial charge in [-0.15, -0.1) is 11.8 Å². The summed E-state index contributed by atoms with van der Waals surface area (Å²) in [6.45, 7) is 0. The molecule has 0 aromatic rings. The summed E-state index contributed by atoms with van der Waals surface area (Å²) in [7, 11) is 0. The Labute approximate surface area is 117 Å². The Hall–Kier alpha value is -0.170. The van der Waals surface area contributed by atoms with Crippen LogP contribution in [0.3, 0.4) is 0 Å². The quantitative estimate of drug-likeness (QED) is 0.540. The molecule has 0 nitrogen and oxygen atoms in total. The standard InChI is InChI=1S/C17H28S/c1-2-5-9-13-16(12-8-4-1)17-14-10-6-3-7-11-15-18-17/h12,14H,1-11,13,15H2. The zero-order valence-electron chi connectivity index (χ0n) is 11.8. The van der Waals surface area contributed by atoms with E-state index in [-0.39, 0.29) is 0 Å². The molecule has 0 N–H and O–H groups in total. The van der Waals surface area contributed by atoms with Crippen molar-refractivity contribution < 1.29 is 0 Å². The van der Waals surface area contributed by atoms with Gasteiger partial charge in [0.2, 0.25) is 0 Å². The normalized spacial score (nSPS) is 24.4. The maximum Gasteiger partial charge on any atom is 0.00609 e. The summed E-state index contributed by atoms with van der Waals surface area (Å²) in [5.41, 5.74) is 1.68. The summed E-state index contributed by atoms with van der Waals surface area (Å²) in [6.07, 6.45) is 21.9. The van der Waals surface area contributed by atoms with E-state index in [1.54, 1.807) is 10.5 Å². The highest BCUT2D eigenvalue weighted by Gasteiger charge is 2.09. The number of hydrogen-bond donors (Lipinski definition) is 0. The van der Waals surface area contributed by atoms with E-state index < -0.39 is 0 Å². The van der Waals surface area contributed by atoms with Crippen molar-refractivity contribution in [2.45, 2.75) is 77.0 Å². The minimum atomic E-state index is 1.31. The third kappa shape index (κ3) is 5.22. The molecule has 1 heteroatoms. The zero-order chi connectivity index (χ0) is 12.5. The van der Waals surface area contributed by atoms with E-state index in [1.807, 2.05) is 0 Å². The highest BCUT2D eigenvalue weighted by atomic mass is 32.2. The van der Waals surface area contributed by atoms with Crippen LogP contribution < -0.4 is 0 Å². The second kappa shape index (κ2) is 8.85. The zero-order valence-corrected chi connectivity index (χ0v) is 12.6. The average Bonchev–Trinajstić information content (AvgIpc) is 2.61. The van der Waals surface area contributed by atoms with Gasteiger partial charge in [-0.05, 0) is 56.3 Å². The Bertz CT molecular complexity index is 258. The minimum absolute atomic E-state index is 1.31. The van der Waals surface area contributed by atoms with Crippen molar-refractivity contribution in [2.24, 2.45) is 0 Å². The molecule has 18 heavy (non-hydrogen) atoms. The molecule has 1 aliphatic heterocycles. The number of thioether (sulfide) groups is 1. The van der Waals surface area contributed by atoms with Gasteiger partial charge in [-0.1, -0.05) is 44.3 Å². The maximum absolute atomic E-state index is 2.56. The van der Waals surface area contributed by atoms with Gasteiger partial charge in [0.05, 0.1) is 0 Å². The van der Waals surface area contributed by atoms with E-state index in [0.29, 0.717) is 0 Å². The Morgan fingerprint density at radius 1 is 0.667 bits per heavy atom. The molecule has 0 amide bonds. The van der Waals surface area contributed by atoms with E-state index in [0.717, 1.165) is 0 Å². The fourth-order valence-electron chi connectivity index (χ4n) is 2.89. The molecule has 2 rings (SSSR count). The highest BCUT2D eigenvalue weighted by molar-refractivity contribution is 8.03. The first kappa shape index (κ1) is 14.2. The summed E-state index contributed by atoms with van der Waals surface area (Å²) < 4.78 is 0. The SMILES string of the molecule is C1=C(C2=CCCCCCCS2)CCCCCCC1. The van der Waals surface area contributed by atoms with Gasteiger partial charge in [-0.2, -0.15) is 0 Å². The van der Waals surface area contributed by atoms with Gasteiger partial charge >= 0.3 is 0 Å². The Balaban J connectivity index is 1.99. The van der Waals surface area contributed by atoms with E-state index in [4.69, 9.17) is 0 Å². The van der Waals surface area contributed by atoms with E-state index in [1.165, 1.54) is 82.8 Å². The largest absolute Gasteiger partial charge is 0.126 e. The first-order chi connectivity index (χ1) is 8.97. The van der Waals surface area contributed by atoms with Gasteiger partial charge in [-0.25, -0.2) is 0 Å². The molecule has 0 saturated carbocycles. The molecule has 0 fully saturated rings. The number of allylic oxidation sites excluding steroid dienone is 3. The van der Waals surface area contributed by atoms with Crippen molar-refractivity contribution in [1.82, 2.24) is 0 Å². The van der Waals surface area contributed by atoms with Gasteiger partial charge in [0.25, 0.3) is 0 Å². The molecule has 1 aliphatic carbocycles. The fraction of sp³-hybridized carbons (Fsp3) is 0.765. The first-order valence-corrected chi connectivity index (χ1v) is 8.98. The van der Waals surface area contributed by atoms with Crippen LogP contribution in [0.5, 0.6) is 0 Å². The molecule has 0 saturated heterocycles. The molecular weight excluding hydrogens is 236 g/mol. The van der Waals surface area contributed by atoms with Crippen LogP contribution in [-0.4, -0.2) is 5.75 Å². The molecule has 0 unspecified atom stereocenters. The molecule has 0 atom stereocenters.